The first kappa shape index (κ1) is 18.0. The second-order valence-electron chi connectivity index (χ2n) is 4.90. The maximum absolute atomic E-state index is 12.0. The fourth-order valence-corrected chi connectivity index (χ4v) is 2.90. The summed E-state index contributed by atoms with van der Waals surface area (Å²) in [5, 5.41) is 3.05. The molecule has 0 aliphatic heterocycles. The highest BCUT2D eigenvalue weighted by Crippen LogP contribution is 2.16. The van der Waals surface area contributed by atoms with E-state index >= 15 is 0 Å². The smallest absolute Gasteiger partial charge is 0.339 e. The van der Waals surface area contributed by atoms with Gasteiger partial charge in [0.1, 0.15) is 0 Å². The first-order valence-electron chi connectivity index (χ1n) is 6.79. The Kier molecular flexibility index (Phi) is 5.58. The van der Waals surface area contributed by atoms with Crippen molar-refractivity contribution in [3.05, 3.63) is 59.1 Å². The van der Waals surface area contributed by atoms with Gasteiger partial charge in [-0.1, -0.05) is 23.7 Å². The predicted octanol–water partition coefficient (Wildman–Crippen LogP) is 2.54. The molecule has 0 saturated carbocycles. The average Bonchev–Trinajstić information content (AvgIpc) is 2.54. The van der Waals surface area contributed by atoms with Crippen LogP contribution in [-0.2, 0) is 19.4 Å². The monoisotopic (exact) mass is 367 g/mol. The van der Waals surface area contributed by atoms with Crippen molar-refractivity contribution in [3.8, 4) is 0 Å². The van der Waals surface area contributed by atoms with Crippen LogP contribution in [-0.4, -0.2) is 33.2 Å². The molecule has 0 aliphatic carbocycles. The van der Waals surface area contributed by atoms with Crippen molar-refractivity contribution in [1.82, 2.24) is 0 Å². The second-order valence-corrected chi connectivity index (χ2v) is 7.32. The number of sulfone groups is 1. The number of ether oxygens (including phenoxy) is 1. The molecule has 1 N–H and O–H groups in total. The molecule has 0 unspecified atom stereocenters. The van der Waals surface area contributed by atoms with Gasteiger partial charge in [0, 0.05) is 17.0 Å². The number of rotatable bonds is 5. The van der Waals surface area contributed by atoms with Gasteiger partial charge in [0.15, 0.2) is 16.4 Å². The van der Waals surface area contributed by atoms with Crippen molar-refractivity contribution < 1.29 is 22.7 Å². The van der Waals surface area contributed by atoms with Crippen molar-refractivity contribution >= 4 is 39.0 Å². The van der Waals surface area contributed by atoms with E-state index in [4.69, 9.17) is 16.3 Å². The lowest BCUT2D eigenvalue weighted by Crippen LogP contribution is -2.21. The van der Waals surface area contributed by atoms with E-state index in [2.05, 4.69) is 5.32 Å². The van der Waals surface area contributed by atoms with E-state index in [1.807, 2.05) is 0 Å². The summed E-state index contributed by atoms with van der Waals surface area (Å²) >= 11 is 5.74. The quantitative estimate of drug-likeness (QED) is 0.820. The highest BCUT2D eigenvalue weighted by molar-refractivity contribution is 7.90. The Labute approximate surface area is 144 Å². The molecule has 2 rings (SSSR count). The Morgan fingerprint density at radius 2 is 1.71 bits per heavy atom. The molecule has 0 fully saturated rings. The van der Waals surface area contributed by atoms with Gasteiger partial charge in [-0.2, -0.15) is 0 Å². The summed E-state index contributed by atoms with van der Waals surface area (Å²) in [5.74, 6) is -1.44. The van der Waals surface area contributed by atoms with E-state index in [1.165, 1.54) is 24.3 Å². The summed E-state index contributed by atoms with van der Waals surface area (Å²) in [4.78, 5) is 23.7. The zero-order valence-electron chi connectivity index (χ0n) is 12.7. The third-order valence-corrected chi connectivity index (χ3v) is 4.38. The SMILES string of the molecule is CS(=O)(=O)c1ccccc1C(=O)OCC(=O)Nc1ccc(Cl)cc1. The molecule has 0 spiro atoms. The number of esters is 1. The molecule has 0 bridgehead atoms. The van der Waals surface area contributed by atoms with E-state index in [1.54, 1.807) is 24.3 Å². The molecule has 0 aromatic heterocycles. The van der Waals surface area contributed by atoms with E-state index in [0.29, 0.717) is 10.7 Å². The summed E-state index contributed by atoms with van der Waals surface area (Å²) in [6, 6.07) is 12.0. The van der Waals surface area contributed by atoms with Gasteiger partial charge in [0.05, 0.1) is 10.5 Å². The van der Waals surface area contributed by atoms with Crippen LogP contribution in [0.2, 0.25) is 5.02 Å². The topological polar surface area (TPSA) is 89.5 Å². The Balaban J connectivity index is 2.01. The summed E-state index contributed by atoms with van der Waals surface area (Å²) in [6.45, 7) is -0.542. The lowest BCUT2D eigenvalue weighted by atomic mass is 10.2. The lowest BCUT2D eigenvalue weighted by Gasteiger charge is -2.09. The largest absolute Gasteiger partial charge is 0.452 e. The number of anilines is 1. The Hall–Kier alpha value is -2.38. The van der Waals surface area contributed by atoms with Gasteiger partial charge in [0.25, 0.3) is 5.91 Å². The molecule has 0 aliphatic rings. The van der Waals surface area contributed by atoms with Crippen LogP contribution in [0.25, 0.3) is 0 Å². The number of nitrogens with one attached hydrogen (secondary N) is 1. The highest BCUT2D eigenvalue weighted by atomic mass is 35.5. The minimum absolute atomic E-state index is 0.112. The zero-order chi connectivity index (χ0) is 17.7. The first-order valence-corrected chi connectivity index (χ1v) is 9.06. The van der Waals surface area contributed by atoms with Crippen molar-refractivity contribution in [3.63, 3.8) is 0 Å². The number of hydrogen-bond acceptors (Lipinski definition) is 5. The first-order chi connectivity index (χ1) is 11.3. The number of amides is 1. The van der Waals surface area contributed by atoms with Crippen LogP contribution in [0.4, 0.5) is 5.69 Å². The van der Waals surface area contributed by atoms with Gasteiger partial charge in [-0.25, -0.2) is 13.2 Å². The molecule has 24 heavy (non-hydrogen) atoms. The molecule has 0 radical (unpaired) electrons. The normalized spacial score (nSPS) is 10.9. The van der Waals surface area contributed by atoms with Gasteiger partial charge < -0.3 is 10.1 Å². The van der Waals surface area contributed by atoms with E-state index in [9.17, 15) is 18.0 Å². The minimum atomic E-state index is -3.58. The molecule has 0 saturated heterocycles. The van der Waals surface area contributed by atoms with Crippen molar-refractivity contribution in [2.24, 2.45) is 0 Å². The van der Waals surface area contributed by atoms with Crippen LogP contribution in [0.1, 0.15) is 10.4 Å². The number of halogens is 1. The van der Waals surface area contributed by atoms with Gasteiger partial charge >= 0.3 is 5.97 Å². The van der Waals surface area contributed by atoms with Gasteiger partial charge in [-0.15, -0.1) is 0 Å². The number of benzene rings is 2. The summed E-state index contributed by atoms with van der Waals surface area (Å²) in [6.07, 6.45) is 0.992. The van der Waals surface area contributed by atoms with E-state index < -0.39 is 28.3 Å². The molecule has 8 heteroatoms. The number of carbonyl (C=O) groups is 2. The lowest BCUT2D eigenvalue weighted by molar-refractivity contribution is -0.119. The van der Waals surface area contributed by atoms with Crippen LogP contribution < -0.4 is 5.32 Å². The molecule has 126 valence electrons. The van der Waals surface area contributed by atoms with Gasteiger partial charge in [-0.3, -0.25) is 4.79 Å². The third kappa shape index (κ3) is 4.81. The Morgan fingerprint density at radius 3 is 2.33 bits per heavy atom. The number of hydrogen-bond donors (Lipinski definition) is 1. The summed E-state index contributed by atoms with van der Waals surface area (Å²) in [5.41, 5.74) is 0.385. The summed E-state index contributed by atoms with van der Waals surface area (Å²) < 4.78 is 28.2. The average molecular weight is 368 g/mol. The van der Waals surface area contributed by atoms with Crippen molar-refractivity contribution in [2.45, 2.75) is 4.90 Å². The molecular weight excluding hydrogens is 354 g/mol. The van der Waals surface area contributed by atoms with Gasteiger partial charge in [-0.05, 0) is 36.4 Å². The molecule has 2 aromatic carbocycles. The highest BCUT2D eigenvalue weighted by Gasteiger charge is 2.20. The molecule has 2 aromatic rings. The van der Waals surface area contributed by atoms with Crippen LogP contribution in [0.15, 0.2) is 53.4 Å². The minimum Gasteiger partial charge on any atom is -0.452 e. The zero-order valence-corrected chi connectivity index (χ0v) is 14.2. The Morgan fingerprint density at radius 1 is 1.08 bits per heavy atom. The summed E-state index contributed by atoms with van der Waals surface area (Å²) in [7, 11) is -3.58. The predicted molar refractivity (Wildman–Crippen MR) is 89.9 cm³/mol. The second kappa shape index (κ2) is 7.46. The molecule has 6 nitrogen and oxygen atoms in total. The number of carbonyl (C=O) groups excluding carboxylic acids is 2. The van der Waals surface area contributed by atoms with Crippen LogP contribution >= 0.6 is 11.6 Å². The van der Waals surface area contributed by atoms with Crippen molar-refractivity contribution in [2.75, 3.05) is 18.2 Å². The fraction of sp³-hybridized carbons (Fsp3) is 0.125. The molecule has 0 heterocycles. The third-order valence-electron chi connectivity index (χ3n) is 2.97. The maximum atomic E-state index is 12.0. The van der Waals surface area contributed by atoms with E-state index in [-0.39, 0.29) is 10.5 Å². The van der Waals surface area contributed by atoms with Crippen LogP contribution in [0, 0.1) is 0 Å². The Bertz CT molecular complexity index is 862. The maximum Gasteiger partial charge on any atom is 0.339 e. The van der Waals surface area contributed by atoms with Crippen LogP contribution in [0.3, 0.4) is 0 Å². The van der Waals surface area contributed by atoms with Gasteiger partial charge in [0.2, 0.25) is 0 Å². The van der Waals surface area contributed by atoms with E-state index in [0.717, 1.165) is 6.26 Å². The fourth-order valence-electron chi connectivity index (χ4n) is 1.90. The van der Waals surface area contributed by atoms with Crippen LogP contribution in [0.5, 0.6) is 0 Å². The van der Waals surface area contributed by atoms with Crippen molar-refractivity contribution in [1.29, 1.82) is 0 Å². The molecule has 1 amide bonds. The standard InChI is InChI=1S/C16H14ClNO5S/c1-24(21,22)14-5-3-2-4-13(14)16(20)23-10-15(19)18-12-8-6-11(17)7-9-12/h2-9H,10H2,1H3,(H,18,19). The molecular formula is C16H14ClNO5S. The molecule has 0 atom stereocenters.